The number of phenols is 1. The second-order valence-electron chi connectivity index (χ2n) is 4.18. The molecular weight excluding hydrogens is 204 g/mol. The fourth-order valence-corrected chi connectivity index (χ4v) is 1.90. The van der Waals surface area contributed by atoms with Crippen molar-refractivity contribution in [3.8, 4) is 5.75 Å². The van der Waals surface area contributed by atoms with Gasteiger partial charge in [0, 0.05) is 12.2 Å². The number of amides is 1. The summed E-state index contributed by atoms with van der Waals surface area (Å²) >= 11 is 0. The molecule has 0 aromatic heterocycles. The second-order valence-corrected chi connectivity index (χ2v) is 4.18. The molecule has 1 heterocycles. The highest BCUT2D eigenvalue weighted by Gasteiger charge is 2.22. The van der Waals surface area contributed by atoms with E-state index in [9.17, 15) is 9.90 Å². The van der Waals surface area contributed by atoms with Gasteiger partial charge >= 0.3 is 0 Å². The fourth-order valence-electron chi connectivity index (χ4n) is 1.90. The maximum atomic E-state index is 11.8. The van der Waals surface area contributed by atoms with Gasteiger partial charge in [-0.05, 0) is 43.7 Å². The fraction of sp³-hybridized carbons (Fsp3) is 0.417. The number of aryl methyl sites for hydroxylation is 1. The summed E-state index contributed by atoms with van der Waals surface area (Å²) in [4.78, 5) is 11.8. The van der Waals surface area contributed by atoms with Crippen LogP contribution in [0.4, 0.5) is 5.69 Å². The molecule has 1 atom stereocenters. The number of phenolic OH excluding ortho intramolecular Hbond substituents is 1. The number of carbonyl (C=O) groups excluding carboxylic acids is 1. The minimum Gasteiger partial charge on any atom is -0.508 e. The van der Waals surface area contributed by atoms with E-state index in [0.29, 0.717) is 0 Å². The van der Waals surface area contributed by atoms with Crippen LogP contribution in [0.2, 0.25) is 0 Å². The molecule has 16 heavy (non-hydrogen) atoms. The van der Waals surface area contributed by atoms with E-state index < -0.39 is 0 Å². The minimum absolute atomic E-state index is 0.0544. The highest BCUT2D eigenvalue weighted by Crippen LogP contribution is 2.21. The lowest BCUT2D eigenvalue weighted by atomic mass is 10.1. The molecule has 1 unspecified atom stereocenters. The van der Waals surface area contributed by atoms with Gasteiger partial charge in [0.2, 0.25) is 5.91 Å². The Hall–Kier alpha value is -1.55. The van der Waals surface area contributed by atoms with Gasteiger partial charge in [-0.3, -0.25) is 4.79 Å². The third kappa shape index (κ3) is 2.33. The monoisotopic (exact) mass is 220 g/mol. The Balaban J connectivity index is 2.05. The number of carbonyl (C=O) groups is 1. The van der Waals surface area contributed by atoms with Gasteiger partial charge in [-0.25, -0.2) is 0 Å². The Labute approximate surface area is 94.7 Å². The largest absolute Gasteiger partial charge is 0.508 e. The number of hydrogen-bond acceptors (Lipinski definition) is 3. The Morgan fingerprint density at radius 1 is 1.56 bits per heavy atom. The van der Waals surface area contributed by atoms with Crippen LogP contribution in [0.3, 0.4) is 0 Å². The summed E-state index contributed by atoms with van der Waals surface area (Å²) in [6.45, 7) is 3.53. The molecule has 0 aliphatic carbocycles. The van der Waals surface area contributed by atoms with Crippen LogP contribution in [0.1, 0.15) is 12.0 Å². The molecular formula is C12H16N2O2. The molecule has 1 fully saturated rings. The van der Waals surface area contributed by atoms with E-state index in [1.54, 1.807) is 18.2 Å². The number of benzene rings is 1. The van der Waals surface area contributed by atoms with Crippen molar-refractivity contribution in [1.29, 1.82) is 0 Å². The van der Waals surface area contributed by atoms with Gasteiger partial charge in [0.1, 0.15) is 5.75 Å². The van der Waals surface area contributed by atoms with E-state index in [-0.39, 0.29) is 17.6 Å². The zero-order valence-corrected chi connectivity index (χ0v) is 9.29. The minimum atomic E-state index is 0.0544. The zero-order valence-electron chi connectivity index (χ0n) is 9.29. The molecule has 4 nitrogen and oxygen atoms in total. The lowest BCUT2D eigenvalue weighted by molar-refractivity contribution is -0.119. The maximum absolute atomic E-state index is 11.8. The molecule has 0 bridgehead atoms. The summed E-state index contributed by atoms with van der Waals surface area (Å²) in [5.41, 5.74) is 1.65. The third-order valence-corrected chi connectivity index (χ3v) is 2.90. The summed E-state index contributed by atoms with van der Waals surface area (Å²) in [5.74, 6) is 0.338. The van der Waals surface area contributed by atoms with Crippen molar-refractivity contribution in [2.75, 3.05) is 18.4 Å². The molecule has 1 aliphatic heterocycles. The van der Waals surface area contributed by atoms with Gasteiger partial charge in [0.05, 0.1) is 5.92 Å². The van der Waals surface area contributed by atoms with Crippen LogP contribution in [0.15, 0.2) is 18.2 Å². The van der Waals surface area contributed by atoms with Crippen molar-refractivity contribution in [2.45, 2.75) is 13.3 Å². The lowest BCUT2D eigenvalue weighted by Gasteiger charge is -2.12. The molecule has 3 N–H and O–H groups in total. The van der Waals surface area contributed by atoms with Crippen LogP contribution in [0.25, 0.3) is 0 Å². The van der Waals surface area contributed by atoms with Crippen molar-refractivity contribution < 1.29 is 9.90 Å². The van der Waals surface area contributed by atoms with Crippen LogP contribution in [0.5, 0.6) is 5.75 Å². The quantitative estimate of drug-likeness (QED) is 0.657. The first-order chi connectivity index (χ1) is 7.66. The van der Waals surface area contributed by atoms with Crippen molar-refractivity contribution in [3.63, 3.8) is 0 Å². The van der Waals surface area contributed by atoms with Gasteiger partial charge in [-0.15, -0.1) is 0 Å². The molecule has 1 aliphatic rings. The van der Waals surface area contributed by atoms with Gasteiger partial charge in [-0.1, -0.05) is 0 Å². The summed E-state index contributed by atoms with van der Waals surface area (Å²) in [6, 6.07) is 4.95. The van der Waals surface area contributed by atoms with E-state index in [0.717, 1.165) is 30.8 Å². The SMILES string of the molecule is Cc1cc(O)ccc1NC(=O)C1CCNC1. The average Bonchev–Trinajstić information content (AvgIpc) is 2.75. The molecule has 4 heteroatoms. The number of aromatic hydroxyl groups is 1. The van der Waals surface area contributed by atoms with Gasteiger partial charge < -0.3 is 15.7 Å². The van der Waals surface area contributed by atoms with Crippen molar-refractivity contribution >= 4 is 11.6 Å². The molecule has 0 saturated carbocycles. The van der Waals surface area contributed by atoms with Crippen molar-refractivity contribution in [2.24, 2.45) is 5.92 Å². The molecule has 0 radical (unpaired) electrons. The highest BCUT2D eigenvalue weighted by molar-refractivity contribution is 5.93. The summed E-state index contributed by atoms with van der Waals surface area (Å²) in [7, 11) is 0. The van der Waals surface area contributed by atoms with E-state index in [1.807, 2.05) is 6.92 Å². The second kappa shape index (κ2) is 4.53. The molecule has 1 amide bonds. The van der Waals surface area contributed by atoms with Crippen LogP contribution < -0.4 is 10.6 Å². The first kappa shape index (κ1) is 11.0. The topological polar surface area (TPSA) is 61.4 Å². The van der Waals surface area contributed by atoms with Crippen LogP contribution in [-0.2, 0) is 4.79 Å². The van der Waals surface area contributed by atoms with E-state index in [4.69, 9.17) is 0 Å². The first-order valence-electron chi connectivity index (χ1n) is 5.48. The van der Waals surface area contributed by atoms with Gasteiger partial charge in [-0.2, -0.15) is 0 Å². The van der Waals surface area contributed by atoms with Crippen molar-refractivity contribution in [3.05, 3.63) is 23.8 Å². The summed E-state index contributed by atoms with van der Waals surface area (Å²) in [6.07, 6.45) is 0.892. The Morgan fingerprint density at radius 2 is 2.38 bits per heavy atom. The Bertz CT molecular complexity index is 398. The number of hydrogen-bond donors (Lipinski definition) is 3. The standard InChI is InChI=1S/C12H16N2O2/c1-8-6-10(15)2-3-11(8)14-12(16)9-4-5-13-7-9/h2-3,6,9,13,15H,4-5,7H2,1H3,(H,14,16). The number of anilines is 1. The van der Waals surface area contributed by atoms with Crippen LogP contribution >= 0.6 is 0 Å². The predicted octanol–water partition coefficient (Wildman–Crippen LogP) is 1.25. The number of nitrogens with one attached hydrogen (secondary N) is 2. The van der Waals surface area contributed by atoms with Crippen molar-refractivity contribution in [1.82, 2.24) is 5.32 Å². The first-order valence-corrected chi connectivity index (χ1v) is 5.48. The van der Waals surface area contributed by atoms with E-state index in [1.165, 1.54) is 0 Å². The van der Waals surface area contributed by atoms with Crippen LogP contribution in [0, 0.1) is 12.8 Å². The smallest absolute Gasteiger partial charge is 0.228 e. The molecule has 86 valence electrons. The number of rotatable bonds is 2. The normalized spacial score (nSPS) is 19.7. The summed E-state index contributed by atoms with van der Waals surface area (Å²) < 4.78 is 0. The summed E-state index contributed by atoms with van der Waals surface area (Å²) in [5, 5.41) is 15.3. The highest BCUT2D eigenvalue weighted by atomic mass is 16.3. The van der Waals surface area contributed by atoms with E-state index in [2.05, 4.69) is 10.6 Å². The Morgan fingerprint density at radius 3 is 3.00 bits per heavy atom. The molecule has 1 aromatic rings. The Kier molecular flexibility index (Phi) is 3.10. The third-order valence-electron chi connectivity index (χ3n) is 2.90. The van der Waals surface area contributed by atoms with Crippen LogP contribution in [-0.4, -0.2) is 24.1 Å². The average molecular weight is 220 g/mol. The zero-order chi connectivity index (χ0) is 11.5. The lowest BCUT2D eigenvalue weighted by Crippen LogP contribution is -2.24. The molecule has 0 spiro atoms. The molecule has 1 aromatic carbocycles. The molecule has 1 saturated heterocycles. The predicted molar refractivity (Wildman–Crippen MR) is 62.5 cm³/mol. The molecule has 2 rings (SSSR count). The maximum Gasteiger partial charge on any atom is 0.228 e. The van der Waals surface area contributed by atoms with Gasteiger partial charge in [0.15, 0.2) is 0 Å². The van der Waals surface area contributed by atoms with E-state index >= 15 is 0 Å². The van der Waals surface area contributed by atoms with Gasteiger partial charge in [0.25, 0.3) is 0 Å².